The van der Waals surface area contributed by atoms with E-state index < -0.39 is 0 Å². The van der Waals surface area contributed by atoms with Crippen LogP contribution in [-0.4, -0.2) is 43.7 Å². The summed E-state index contributed by atoms with van der Waals surface area (Å²) in [5, 5.41) is 0.783. The number of hydrogen-bond acceptors (Lipinski definition) is 5. The molecule has 2 aliphatic heterocycles. The first-order valence-electron chi connectivity index (χ1n) is 10.6. The molecular formula is C23H29NO5. The molecule has 6 nitrogen and oxygen atoms in total. The van der Waals surface area contributed by atoms with Gasteiger partial charge in [0.1, 0.15) is 11.3 Å². The van der Waals surface area contributed by atoms with Gasteiger partial charge < -0.3 is 18.8 Å². The van der Waals surface area contributed by atoms with Crippen molar-refractivity contribution in [3.05, 3.63) is 39.7 Å². The van der Waals surface area contributed by atoms with Crippen LogP contribution in [0, 0.1) is 12.3 Å². The highest BCUT2D eigenvalue weighted by molar-refractivity contribution is 5.88. The van der Waals surface area contributed by atoms with Crippen LogP contribution >= 0.6 is 0 Å². The third-order valence-electron chi connectivity index (χ3n) is 6.50. The van der Waals surface area contributed by atoms with Gasteiger partial charge in [-0.2, -0.15) is 0 Å². The van der Waals surface area contributed by atoms with Crippen molar-refractivity contribution >= 4 is 16.9 Å². The molecule has 0 N–H and O–H groups in total. The molecule has 1 spiro atoms. The summed E-state index contributed by atoms with van der Waals surface area (Å²) in [6.07, 6.45) is 4.98. The molecule has 0 saturated carbocycles. The molecule has 4 rings (SSSR count). The van der Waals surface area contributed by atoms with E-state index in [1.54, 1.807) is 0 Å². The van der Waals surface area contributed by atoms with Crippen molar-refractivity contribution in [2.45, 2.75) is 46.0 Å². The van der Waals surface area contributed by atoms with E-state index in [4.69, 9.17) is 13.9 Å². The largest absolute Gasteiger partial charge is 0.483 e. The molecule has 156 valence electrons. The summed E-state index contributed by atoms with van der Waals surface area (Å²) < 4.78 is 16.8. The summed E-state index contributed by atoms with van der Waals surface area (Å²) >= 11 is 0. The number of likely N-dealkylation sites (tertiary alicyclic amines) is 1. The highest BCUT2D eigenvalue weighted by Gasteiger charge is 2.37. The van der Waals surface area contributed by atoms with E-state index >= 15 is 0 Å². The Labute approximate surface area is 170 Å². The molecule has 2 aromatic rings. The minimum atomic E-state index is -0.364. The number of carbonyl (C=O) groups is 1. The second kappa shape index (κ2) is 8.19. The monoisotopic (exact) mass is 399 g/mol. The van der Waals surface area contributed by atoms with Gasteiger partial charge in [-0.3, -0.25) is 4.79 Å². The first kappa shape index (κ1) is 20.0. The lowest BCUT2D eigenvalue weighted by Crippen LogP contribution is -2.46. The SMILES string of the molecule is CCc1cc(=O)oc2cc(C)cc(OCC(=O)N3CCC4(CCOCC4)CC3)c12. The van der Waals surface area contributed by atoms with Gasteiger partial charge in [0.25, 0.3) is 5.91 Å². The molecule has 0 unspecified atom stereocenters. The molecule has 2 saturated heterocycles. The van der Waals surface area contributed by atoms with Crippen LogP contribution in [0.15, 0.2) is 27.4 Å². The summed E-state index contributed by atoms with van der Waals surface area (Å²) in [5.74, 6) is 0.615. The standard InChI is InChI=1S/C23H29NO5/c1-3-17-14-21(26)29-19-13-16(2)12-18(22(17)19)28-15-20(25)24-8-4-23(5-9-24)6-10-27-11-7-23/h12-14H,3-11,15H2,1-2H3. The summed E-state index contributed by atoms with van der Waals surface area (Å²) in [4.78, 5) is 26.5. The summed E-state index contributed by atoms with van der Waals surface area (Å²) in [6.45, 7) is 7.16. The number of amides is 1. The van der Waals surface area contributed by atoms with Gasteiger partial charge in [-0.25, -0.2) is 4.79 Å². The molecule has 1 aromatic carbocycles. The number of hydrogen-bond donors (Lipinski definition) is 0. The number of fused-ring (bicyclic) bond motifs is 1. The third kappa shape index (κ3) is 4.17. The highest BCUT2D eigenvalue weighted by atomic mass is 16.5. The number of piperidine rings is 1. The van der Waals surface area contributed by atoms with E-state index in [2.05, 4.69) is 0 Å². The van der Waals surface area contributed by atoms with Crippen LogP contribution < -0.4 is 10.4 Å². The zero-order chi connectivity index (χ0) is 20.4. The number of nitrogens with zero attached hydrogens (tertiary/aromatic N) is 1. The van der Waals surface area contributed by atoms with Crippen LogP contribution in [0.4, 0.5) is 0 Å². The number of aryl methyl sites for hydroxylation is 2. The highest BCUT2D eigenvalue weighted by Crippen LogP contribution is 2.40. The first-order chi connectivity index (χ1) is 14.0. The van der Waals surface area contributed by atoms with Crippen molar-refractivity contribution in [2.75, 3.05) is 32.9 Å². The Morgan fingerprint density at radius 2 is 1.86 bits per heavy atom. The maximum absolute atomic E-state index is 12.8. The van der Waals surface area contributed by atoms with E-state index in [-0.39, 0.29) is 18.1 Å². The Balaban J connectivity index is 1.46. The van der Waals surface area contributed by atoms with Gasteiger partial charge in [-0.05, 0) is 67.7 Å². The minimum absolute atomic E-state index is 0.00303. The van der Waals surface area contributed by atoms with E-state index in [0.717, 1.165) is 68.5 Å². The Morgan fingerprint density at radius 3 is 2.55 bits per heavy atom. The van der Waals surface area contributed by atoms with Crippen molar-refractivity contribution < 1.29 is 18.7 Å². The molecule has 0 atom stereocenters. The maximum Gasteiger partial charge on any atom is 0.336 e. The zero-order valence-corrected chi connectivity index (χ0v) is 17.3. The predicted molar refractivity (Wildman–Crippen MR) is 110 cm³/mol. The Kier molecular flexibility index (Phi) is 5.63. The molecule has 6 heteroatoms. The van der Waals surface area contributed by atoms with Gasteiger partial charge in [0.15, 0.2) is 6.61 Å². The van der Waals surface area contributed by atoms with Crippen LogP contribution in [0.2, 0.25) is 0 Å². The lowest BCUT2D eigenvalue weighted by molar-refractivity contribution is -0.136. The van der Waals surface area contributed by atoms with Gasteiger partial charge in [-0.15, -0.1) is 0 Å². The topological polar surface area (TPSA) is 69.0 Å². The van der Waals surface area contributed by atoms with Crippen LogP contribution in [0.1, 0.15) is 43.7 Å². The molecule has 2 fully saturated rings. The van der Waals surface area contributed by atoms with Crippen molar-refractivity contribution in [2.24, 2.45) is 5.41 Å². The van der Waals surface area contributed by atoms with Crippen molar-refractivity contribution in [3.8, 4) is 5.75 Å². The lowest BCUT2D eigenvalue weighted by atomic mass is 9.72. The average Bonchev–Trinajstić information content (AvgIpc) is 2.71. The second-order valence-electron chi connectivity index (χ2n) is 8.36. The van der Waals surface area contributed by atoms with Crippen LogP contribution in [-0.2, 0) is 16.0 Å². The fourth-order valence-electron chi connectivity index (χ4n) is 4.63. The Bertz CT molecular complexity index is 948. The van der Waals surface area contributed by atoms with E-state index in [1.807, 2.05) is 30.9 Å². The second-order valence-corrected chi connectivity index (χ2v) is 8.36. The average molecular weight is 399 g/mol. The number of ether oxygens (including phenoxy) is 2. The summed E-state index contributed by atoms with van der Waals surface area (Å²) in [6, 6.07) is 5.24. The Morgan fingerprint density at radius 1 is 1.14 bits per heavy atom. The quantitative estimate of drug-likeness (QED) is 0.737. The van der Waals surface area contributed by atoms with Gasteiger partial charge in [0.2, 0.25) is 0 Å². The molecule has 0 bridgehead atoms. The molecule has 29 heavy (non-hydrogen) atoms. The number of benzene rings is 1. The lowest BCUT2D eigenvalue weighted by Gasteiger charge is -2.44. The normalized spacial score (nSPS) is 18.9. The molecule has 3 heterocycles. The van der Waals surface area contributed by atoms with Crippen molar-refractivity contribution in [1.29, 1.82) is 0 Å². The van der Waals surface area contributed by atoms with Crippen LogP contribution in [0.25, 0.3) is 11.0 Å². The van der Waals surface area contributed by atoms with Crippen LogP contribution in [0.5, 0.6) is 5.75 Å². The molecule has 2 aliphatic rings. The minimum Gasteiger partial charge on any atom is -0.483 e. The van der Waals surface area contributed by atoms with E-state index in [9.17, 15) is 9.59 Å². The van der Waals surface area contributed by atoms with Crippen molar-refractivity contribution in [1.82, 2.24) is 4.90 Å². The molecular weight excluding hydrogens is 370 g/mol. The molecule has 1 amide bonds. The summed E-state index contributed by atoms with van der Waals surface area (Å²) in [7, 11) is 0. The fraction of sp³-hybridized carbons (Fsp3) is 0.565. The Hall–Kier alpha value is -2.34. The molecule has 1 aromatic heterocycles. The molecule has 0 radical (unpaired) electrons. The van der Waals surface area contributed by atoms with Gasteiger partial charge in [0.05, 0.1) is 5.39 Å². The first-order valence-corrected chi connectivity index (χ1v) is 10.6. The number of carbonyl (C=O) groups excluding carboxylic acids is 1. The van der Waals surface area contributed by atoms with E-state index in [0.29, 0.717) is 23.2 Å². The molecule has 0 aliphatic carbocycles. The smallest absolute Gasteiger partial charge is 0.336 e. The zero-order valence-electron chi connectivity index (χ0n) is 17.3. The number of rotatable bonds is 4. The van der Waals surface area contributed by atoms with Crippen molar-refractivity contribution in [3.63, 3.8) is 0 Å². The van der Waals surface area contributed by atoms with Gasteiger partial charge >= 0.3 is 5.63 Å². The third-order valence-corrected chi connectivity index (χ3v) is 6.50. The maximum atomic E-state index is 12.8. The fourth-order valence-corrected chi connectivity index (χ4v) is 4.63. The predicted octanol–water partition coefficient (Wildman–Crippen LogP) is 3.46. The van der Waals surface area contributed by atoms with Crippen LogP contribution in [0.3, 0.4) is 0 Å². The van der Waals surface area contributed by atoms with Gasteiger partial charge in [-0.1, -0.05) is 6.92 Å². The summed E-state index contributed by atoms with van der Waals surface area (Å²) in [5.41, 5.74) is 2.30. The van der Waals surface area contributed by atoms with E-state index in [1.165, 1.54) is 6.07 Å². The van der Waals surface area contributed by atoms with Gasteiger partial charge in [0, 0.05) is 32.4 Å².